The molecule has 1 saturated carbocycles. The lowest BCUT2D eigenvalue weighted by Gasteiger charge is -2.24. The molecule has 1 aliphatic carbocycles. The van der Waals surface area contributed by atoms with E-state index in [1.807, 2.05) is 0 Å². The van der Waals surface area contributed by atoms with E-state index in [0.29, 0.717) is 24.3 Å². The zero-order valence-electron chi connectivity index (χ0n) is 11.8. The van der Waals surface area contributed by atoms with Crippen LogP contribution in [0.15, 0.2) is 9.52 Å². The Kier molecular flexibility index (Phi) is 5.18. The van der Waals surface area contributed by atoms with Crippen molar-refractivity contribution in [3.8, 4) is 0 Å². The highest BCUT2D eigenvalue weighted by molar-refractivity contribution is 5.80. The maximum absolute atomic E-state index is 4.94. The third kappa shape index (κ3) is 4.54. The first-order chi connectivity index (χ1) is 9.28. The predicted molar refractivity (Wildman–Crippen MR) is 73.9 cm³/mol. The molecule has 1 aromatic rings. The van der Waals surface area contributed by atoms with Crippen LogP contribution in [0.3, 0.4) is 0 Å². The van der Waals surface area contributed by atoms with Gasteiger partial charge in [-0.3, -0.25) is 0 Å². The Balaban J connectivity index is 1.90. The van der Waals surface area contributed by atoms with E-state index in [1.54, 1.807) is 6.92 Å². The van der Waals surface area contributed by atoms with E-state index in [9.17, 15) is 0 Å². The van der Waals surface area contributed by atoms with Crippen molar-refractivity contribution in [3.63, 3.8) is 0 Å². The minimum atomic E-state index is 0.444. The summed E-state index contributed by atoms with van der Waals surface area (Å²) in [4.78, 5) is 8.65. The van der Waals surface area contributed by atoms with Crippen LogP contribution >= 0.6 is 0 Å². The van der Waals surface area contributed by atoms with Crippen LogP contribution in [0.2, 0.25) is 0 Å². The van der Waals surface area contributed by atoms with Gasteiger partial charge in [0.1, 0.15) is 6.54 Å². The van der Waals surface area contributed by atoms with E-state index in [1.165, 1.54) is 32.1 Å². The van der Waals surface area contributed by atoms with Crippen molar-refractivity contribution in [3.05, 3.63) is 11.7 Å². The maximum Gasteiger partial charge on any atom is 0.223 e. The largest absolute Gasteiger partial charge is 0.357 e. The van der Waals surface area contributed by atoms with Gasteiger partial charge in [-0.1, -0.05) is 24.4 Å². The van der Waals surface area contributed by atoms with Gasteiger partial charge in [-0.05, 0) is 19.8 Å². The first-order valence-corrected chi connectivity index (χ1v) is 7.12. The van der Waals surface area contributed by atoms with Gasteiger partial charge in [0, 0.05) is 19.5 Å². The topological polar surface area (TPSA) is 75.3 Å². The molecule has 0 unspecified atom stereocenters. The molecule has 2 N–H and O–H groups in total. The summed E-state index contributed by atoms with van der Waals surface area (Å²) in [5, 5.41) is 10.6. The second-order valence-corrected chi connectivity index (χ2v) is 4.90. The first kappa shape index (κ1) is 13.8. The molecule has 1 aromatic heterocycles. The third-order valence-electron chi connectivity index (χ3n) is 3.24. The third-order valence-corrected chi connectivity index (χ3v) is 3.24. The van der Waals surface area contributed by atoms with E-state index in [2.05, 4.69) is 32.7 Å². The molecule has 1 aliphatic rings. The maximum atomic E-state index is 4.94. The Morgan fingerprint density at radius 1 is 1.37 bits per heavy atom. The average Bonchev–Trinajstić information content (AvgIpc) is 2.83. The first-order valence-electron chi connectivity index (χ1n) is 7.12. The molecule has 0 bridgehead atoms. The number of aryl methyl sites for hydroxylation is 1. The minimum Gasteiger partial charge on any atom is -0.357 e. The summed E-state index contributed by atoms with van der Waals surface area (Å²) in [6.07, 6.45) is 6.42. The van der Waals surface area contributed by atoms with Gasteiger partial charge in [-0.2, -0.15) is 4.98 Å². The normalized spacial score (nSPS) is 17.5. The summed E-state index contributed by atoms with van der Waals surface area (Å²) in [5.74, 6) is 2.05. The monoisotopic (exact) mass is 265 g/mol. The summed E-state index contributed by atoms with van der Waals surface area (Å²) < 4.78 is 4.94. The highest BCUT2D eigenvalue weighted by atomic mass is 16.5. The lowest BCUT2D eigenvalue weighted by Crippen LogP contribution is -2.44. The quantitative estimate of drug-likeness (QED) is 0.641. The number of hydrogen-bond donors (Lipinski definition) is 2. The van der Waals surface area contributed by atoms with Crippen molar-refractivity contribution >= 4 is 5.96 Å². The van der Waals surface area contributed by atoms with Crippen molar-refractivity contribution in [2.24, 2.45) is 4.99 Å². The Morgan fingerprint density at radius 2 is 2.16 bits per heavy atom. The molecule has 6 heteroatoms. The number of nitrogens with zero attached hydrogens (tertiary/aromatic N) is 3. The summed E-state index contributed by atoms with van der Waals surface area (Å²) in [6, 6.07) is 0.540. The molecular weight excluding hydrogens is 242 g/mol. The Labute approximate surface area is 114 Å². The van der Waals surface area contributed by atoms with Gasteiger partial charge in [0.15, 0.2) is 11.8 Å². The predicted octanol–water partition coefficient (Wildman–Crippen LogP) is 1.77. The number of rotatable bonds is 4. The van der Waals surface area contributed by atoms with Crippen LogP contribution < -0.4 is 10.6 Å². The van der Waals surface area contributed by atoms with Crippen LogP contribution in [0.5, 0.6) is 0 Å². The standard InChI is InChI=1S/C13H23N5O/c1-3-14-13(17-11-7-5-4-6-8-11)15-9-12-16-10(2)19-18-12/h11H,3-9H2,1-2H3,(H2,14,15,17). The van der Waals surface area contributed by atoms with E-state index in [4.69, 9.17) is 4.52 Å². The summed E-state index contributed by atoms with van der Waals surface area (Å²) in [5.41, 5.74) is 0. The molecule has 0 atom stereocenters. The van der Waals surface area contributed by atoms with Gasteiger partial charge < -0.3 is 15.2 Å². The molecule has 1 fully saturated rings. The molecule has 0 spiro atoms. The number of aliphatic imine (C=N–C) groups is 1. The Hall–Kier alpha value is -1.59. The molecule has 0 aromatic carbocycles. The van der Waals surface area contributed by atoms with Gasteiger partial charge in [-0.15, -0.1) is 0 Å². The van der Waals surface area contributed by atoms with Crippen LogP contribution in [0, 0.1) is 6.92 Å². The molecule has 6 nitrogen and oxygen atoms in total. The van der Waals surface area contributed by atoms with Crippen LogP contribution in [0.25, 0.3) is 0 Å². The molecule has 0 aliphatic heterocycles. The molecule has 1 heterocycles. The SMILES string of the molecule is CCNC(=NCc1noc(C)n1)NC1CCCCC1. The van der Waals surface area contributed by atoms with Gasteiger partial charge in [0.2, 0.25) is 5.89 Å². The molecule has 0 radical (unpaired) electrons. The van der Waals surface area contributed by atoms with Crippen molar-refractivity contribution in [1.29, 1.82) is 0 Å². The fourth-order valence-electron chi connectivity index (χ4n) is 2.32. The smallest absolute Gasteiger partial charge is 0.223 e. The fourth-order valence-corrected chi connectivity index (χ4v) is 2.32. The van der Waals surface area contributed by atoms with Crippen molar-refractivity contribution in [2.75, 3.05) is 6.54 Å². The van der Waals surface area contributed by atoms with E-state index in [-0.39, 0.29) is 0 Å². The zero-order chi connectivity index (χ0) is 13.5. The van der Waals surface area contributed by atoms with E-state index in [0.717, 1.165) is 12.5 Å². The van der Waals surface area contributed by atoms with E-state index < -0.39 is 0 Å². The lowest BCUT2D eigenvalue weighted by atomic mass is 9.96. The van der Waals surface area contributed by atoms with Gasteiger partial charge >= 0.3 is 0 Å². The molecule has 0 saturated heterocycles. The summed E-state index contributed by atoms with van der Waals surface area (Å²) in [7, 11) is 0. The Bertz CT molecular complexity index is 409. The van der Waals surface area contributed by atoms with Crippen molar-refractivity contribution in [1.82, 2.24) is 20.8 Å². The Morgan fingerprint density at radius 3 is 2.79 bits per heavy atom. The highest BCUT2D eigenvalue weighted by Gasteiger charge is 2.14. The number of nitrogens with one attached hydrogen (secondary N) is 2. The van der Waals surface area contributed by atoms with Crippen LogP contribution in [-0.2, 0) is 6.54 Å². The zero-order valence-corrected chi connectivity index (χ0v) is 11.8. The van der Waals surface area contributed by atoms with Crippen LogP contribution in [0.4, 0.5) is 0 Å². The molecular formula is C13H23N5O. The summed E-state index contributed by atoms with van der Waals surface area (Å²) in [6.45, 7) is 5.14. The number of guanidine groups is 1. The second-order valence-electron chi connectivity index (χ2n) is 4.90. The summed E-state index contributed by atoms with van der Waals surface area (Å²) >= 11 is 0. The number of hydrogen-bond acceptors (Lipinski definition) is 4. The second kappa shape index (κ2) is 7.11. The van der Waals surface area contributed by atoms with Crippen LogP contribution in [0.1, 0.15) is 50.7 Å². The highest BCUT2D eigenvalue weighted by Crippen LogP contribution is 2.17. The van der Waals surface area contributed by atoms with Gasteiger partial charge in [0.05, 0.1) is 0 Å². The molecule has 2 rings (SSSR count). The van der Waals surface area contributed by atoms with E-state index >= 15 is 0 Å². The van der Waals surface area contributed by atoms with Crippen molar-refractivity contribution in [2.45, 2.75) is 58.5 Å². The average molecular weight is 265 g/mol. The molecule has 0 amide bonds. The lowest BCUT2D eigenvalue weighted by molar-refractivity contribution is 0.387. The van der Waals surface area contributed by atoms with Crippen LogP contribution in [-0.4, -0.2) is 28.7 Å². The van der Waals surface area contributed by atoms with Crippen molar-refractivity contribution < 1.29 is 4.52 Å². The molecule has 19 heavy (non-hydrogen) atoms. The van der Waals surface area contributed by atoms with Gasteiger partial charge in [-0.25, -0.2) is 4.99 Å². The van der Waals surface area contributed by atoms with Gasteiger partial charge in [0.25, 0.3) is 0 Å². The fraction of sp³-hybridized carbons (Fsp3) is 0.769. The minimum absolute atomic E-state index is 0.444. The number of aromatic nitrogens is 2. The molecule has 106 valence electrons.